The van der Waals surface area contributed by atoms with Crippen molar-refractivity contribution in [1.82, 2.24) is 0 Å². The lowest BCUT2D eigenvalue weighted by atomic mass is 10.1. The van der Waals surface area contributed by atoms with Crippen LogP contribution in [0.3, 0.4) is 0 Å². The number of rotatable bonds is 48. The summed E-state index contributed by atoms with van der Waals surface area (Å²) < 4.78 is 16.8. The molecule has 0 rings (SSSR count). The van der Waals surface area contributed by atoms with Crippen LogP contribution in [0.25, 0.3) is 0 Å². The van der Waals surface area contributed by atoms with E-state index in [1.54, 1.807) is 0 Å². The Hall–Kier alpha value is -3.41. The number of carbonyl (C=O) groups is 3. The zero-order valence-corrected chi connectivity index (χ0v) is 42.5. The zero-order chi connectivity index (χ0) is 47.2. The summed E-state index contributed by atoms with van der Waals surface area (Å²) in [5, 5.41) is 0. The fourth-order valence-electron chi connectivity index (χ4n) is 7.38. The van der Waals surface area contributed by atoms with Gasteiger partial charge in [-0.25, -0.2) is 0 Å². The lowest BCUT2D eigenvalue weighted by Gasteiger charge is -2.18. The van der Waals surface area contributed by atoms with Crippen LogP contribution < -0.4 is 0 Å². The number of hydrogen-bond acceptors (Lipinski definition) is 6. The average Bonchev–Trinajstić information content (AvgIpc) is 3.30. The van der Waals surface area contributed by atoms with Gasteiger partial charge in [-0.3, -0.25) is 14.4 Å². The van der Waals surface area contributed by atoms with Gasteiger partial charge in [-0.2, -0.15) is 0 Å². The van der Waals surface area contributed by atoms with Crippen molar-refractivity contribution >= 4 is 17.9 Å². The van der Waals surface area contributed by atoms with Gasteiger partial charge in [0.1, 0.15) is 13.2 Å². The fraction of sp³-hybridized carbons (Fsp3) is 0.712. The van der Waals surface area contributed by atoms with Crippen LogP contribution in [0.2, 0.25) is 0 Å². The highest BCUT2D eigenvalue weighted by Crippen LogP contribution is 2.14. The molecule has 0 saturated carbocycles. The van der Waals surface area contributed by atoms with Crippen LogP contribution in [0.4, 0.5) is 0 Å². The second-order valence-electron chi connectivity index (χ2n) is 17.9. The predicted octanol–water partition coefficient (Wildman–Crippen LogP) is 18.0. The summed E-state index contributed by atoms with van der Waals surface area (Å²) in [5.74, 6) is -0.943. The Morgan fingerprint density at radius 1 is 0.323 bits per heavy atom. The molecule has 0 aromatic heterocycles. The Balaban J connectivity index is 4.46. The third kappa shape index (κ3) is 51.4. The van der Waals surface area contributed by atoms with Crippen molar-refractivity contribution in [3.05, 3.63) is 85.1 Å². The first-order valence-electron chi connectivity index (χ1n) is 27.2. The first-order valence-corrected chi connectivity index (χ1v) is 27.2. The molecule has 0 aromatic rings. The van der Waals surface area contributed by atoms with E-state index >= 15 is 0 Å². The Kier molecular flexibility index (Phi) is 50.4. The second kappa shape index (κ2) is 53.2. The van der Waals surface area contributed by atoms with Gasteiger partial charge in [0.05, 0.1) is 0 Å². The van der Waals surface area contributed by atoms with E-state index < -0.39 is 6.10 Å². The first-order chi connectivity index (χ1) is 32.0. The molecule has 0 saturated heterocycles. The van der Waals surface area contributed by atoms with Crippen LogP contribution in [0.15, 0.2) is 85.1 Å². The number of unbranched alkanes of at least 4 members (excludes halogenated alkanes) is 27. The molecular weight excluding hydrogens is 805 g/mol. The Morgan fingerprint density at radius 3 is 0.969 bits per heavy atom. The van der Waals surface area contributed by atoms with E-state index in [1.165, 1.54) is 89.9 Å². The molecule has 0 aromatic carbocycles. The van der Waals surface area contributed by atoms with Gasteiger partial charge in [0.15, 0.2) is 6.10 Å². The third-order valence-electron chi connectivity index (χ3n) is 11.5. The predicted molar refractivity (Wildman–Crippen MR) is 279 cm³/mol. The third-order valence-corrected chi connectivity index (χ3v) is 11.5. The quantitative estimate of drug-likeness (QED) is 0.0199. The summed E-state index contributed by atoms with van der Waals surface area (Å²) in [5.41, 5.74) is 0. The number of esters is 3. The van der Waals surface area contributed by atoms with E-state index in [0.29, 0.717) is 19.3 Å². The average molecular weight is 905 g/mol. The van der Waals surface area contributed by atoms with Gasteiger partial charge in [0, 0.05) is 19.3 Å². The zero-order valence-electron chi connectivity index (χ0n) is 42.5. The minimum absolute atomic E-state index is 0.0976. The van der Waals surface area contributed by atoms with Gasteiger partial charge >= 0.3 is 17.9 Å². The minimum atomic E-state index is -0.798. The molecule has 0 aliphatic heterocycles. The molecule has 1 unspecified atom stereocenters. The highest BCUT2D eigenvalue weighted by atomic mass is 16.6. The van der Waals surface area contributed by atoms with Gasteiger partial charge in [0.25, 0.3) is 0 Å². The van der Waals surface area contributed by atoms with Crippen molar-refractivity contribution in [2.75, 3.05) is 13.2 Å². The molecule has 0 radical (unpaired) electrons. The highest BCUT2D eigenvalue weighted by molar-refractivity contribution is 5.71. The first kappa shape index (κ1) is 61.6. The standard InChI is InChI=1S/C59H100O6/c1-4-7-10-13-16-19-22-25-27-29-30-32-34-37-40-43-46-49-52-58(61)64-55-56(54-63-57(60)51-48-45-42-39-36-33-24-21-18-15-12-9-6-3)65-59(62)53-50-47-44-41-38-35-31-28-26-23-20-17-14-11-8-5-2/h9,12,15,18,21-22,24-25,27-32,56H,4-8,10-11,13-14,16-17,19-20,23,26,33-55H2,1-3H3/b12-9-,18-15-,24-21-,25-22-,29-27-,31-28-,32-30-. The SMILES string of the molecule is CC\C=C/C=C\C=C/CCCCCCCC(=O)OCC(COC(=O)CCCCCCC\C=C/C=C\C=C/CCCCCCC)OC(=O)CCCCCCC/C=C\CCCCCCCCC. The number of carbonyl (C=O) groups excluding carboxylic acids is 3. The van der Waals surface area contributed by atoms with Crippen molar-refractivity contribution in [2.45, 2.75) is 258 Å². The van der Waals surface area contributed by atoms with E-state index in [9.17, 15) is 14.4 Å². The van der Waals surface area contributed by atoms with Crippen LogP contribution in [-0.2, 0) is 28.6 Å². The van der Waals surface area contributed by atoms with Crippen molar-refractivity contribution < 1.29 is 28.6 Å². The summed E-state index contributed by atoms with van der Waals surface area (Å²) in [6, 6.07) is 0. The van der Waals surface area contributed by atoms with Crippen molar-refractivity contribution in [2.24, 2.45) is 0 Å². The molecule has 6 nitrogen and oxygen atoms in total. The summed E-state index contributed by atoms with van der Waals surface area (Å²) >= 11 is 0. The van der Waals surface area contributed by atoms with Crippen molar-refractivity contribution in [1.29, 1.82) is 0 Å². The fourth-order valence-corrected chi connectivity index (χ4v) is 7.38. The molecule has 0 aliphatic rings. The smallest absolute Gasteiger partial charge is 0.306 e. The van der Waals surface area contributed by atoms with Crippen molar-refractivity contribution in [3.8, 4) is 0 Å². The summed E-state index contributed by atoms with van der Waals surface area (Å²) in [7, 11) is 0. The van der Waals surface area contributed by atoms with E-state index in [1.807, 2.05) is 0 Å². The van der Waals surface area contributed by atoms with Crippen LogP contribution in [-0.4, -0.2) is 37.2 Å². The molecule has 1 atom stereocenters. The Morgan fingerprint density at radius 2 is 0.615 bits per heavy atom. The highest BCUT2D eigenvalue weighted by Gasteiger charge is 2.19. The van der Waals surface area contributed by atoms with Crippen molar-refractivity contribution in [3.63, 3.8) is 0 Å². The molecule has 0 heterocycles. The van der Waals surface area contributed by atoms with Gasteiger partial charge in [-0.05, 0) is 89.9 Å². The molecule has 6 heteroatoms. The van der Waals surface area contributed by atoms with Crippen LogP contribution in [0.1, 0.15) is 252 Å². The van der Waals surface area contributed by atoms with E-state index in [2.05, 4.69) is 106 Å². The molecule has 372 valence electrons. The number of allylic oxidation sites excluding steroid dienone is 14. The molecule has 0 bridgehead atoms. The van der Waals surface area contributed by atoms with Crippen LogP contribution in [0, 0.1) is 0 Å². The van der Waals surface area contributed by atoms with Crippen LogP contribution >= 0.6 is 0 Å². The molecule has 0 spiro atoms. The largest absolute Gasteiger partial charge is 0.462 e. The Labute approximate surface area is 401 Å². The van der Waals surface area contributed by atoms with E-state index in [4.69, 9.17) is 14.2 Å². The van der Waals surface area contributed by atoms with Crippen LogP contribution in [0.5, 0.6) is 0 Å². The molecule has 0 fully saturated rings. The topological polar surface area (TPSA) is 78.9 Å². The molecule has 0 amide bonds. The van der Waals surface area contributed by atoms with E-state index in [0.717, 1.165) is 122 Å². The van der Waals surface area contributed by atoms with Gasteiger partial charge in [0.2, 0.25) is 0 Å². The maximum absolute atomic E-state index is 12.8. The molecule has 0 N–H and O–H groups in total. The summed E-state index contributed by atoms with van der Waals surface area (Å²) in [6.45, 7) is 6.45. The minimum Gasteiger partial charge on any atom is -0.462 e. The van der Waals surface area contributed by atoms with Gasteiger partial charge in [-0.1, -0.05) is 228 Å². The normalized spacial score (nSPS) is 12.7. The van der Waals surface area contributed by atoms with E-state index in [-0.39, 0.29) is 31.1 Å². The molecular formula is C59H100O6. The maximum atomic E-state index is 12.8. The van der Waals surface area contributed by atoms with Gasteiger partial charge in [-0.15, -0.1) is 0 Å². The lowest BCUT2D eigenvalue weighted by Crippen LogP contribution is -2.30. The molecule has 0 aliphatic carbocycles. The second-order valence-corrected chi connectivity index (χ2v) is 17.9. The number of hydrogen-bond donors (Lipinski definition) is 0. The monoisotopic (exact) mass is 905 g/mol. The molecule has 65 heavy (non-hydrogen) atoms. The number of ether oxygens (including phenoxy) is 3. The lowest BCUT2D eigenvalue weighted by molar-refractivity contribution is -0.167. The van der Waals surface area contributed by atoms with Gasteiger partial charge < -0.3 is 14.2 Å². The summed E-state index contributed by atoms with van der Waals surface area (Å²) in [6.07, 6.45) is 68.5. The maximum Gasteiger partial charge on any atom is 0.306 e. The summed E-state index contributed by atoms with van der Waals surface area (Å²) in [4.78, 5) is 38.0. The Bertz CT molecular complexity index is 1270.